The fraction of sp³-hybridized carbons (Fsp3) is 0.0526. The molecule has 1 heterocycles. The summed E-state index contributed by atoms with van der Waals surface area (Å²) in [5.74, 6) is -0.415. The summed E-state index contributed by atoms with van der Waals surface area (Å²) in [5.41, 5.74) is 2.41. The zero-order chi connectivity index (χ0) is 16.8. The van der Waals surface area contributed by atoms with Crippen LogP contribution < -0.4 is 5.32 Å². The van der Waals surface area contributed by atoms with Gasteiger partial charge in [0.05, 0.1) is 23.8 Å². The van der Waals surface area contributed by atoms with Gasteiger partial charge in [-0.3, -0.25) is 4.79 Å². The van der Waals surface area contributed by atoms with Crippen LogP contribution in [0.25, 0.3) is 11.8 Å². The van der Waals surface area contributed by atoms with E-state index in [1.165, 1.54) is 12.1 Å². The van der Waals surface area contributed by atoms with Crippen LogP contribution in [-0.2, 0) is 4.79 Å². The Labute approximate surface area is 139 Å². The minimum atomic E-state index is -0.277. The number of halogens is 1. The van der Waals surface area contributed by atoms with Gasteiger partial charge in [0.25, 0.3) is 0 Å². The third-order valence-electron chi connectivity index (χ3n) is 3.37. The van der Waals surface area contributed by atoms with E-state index in [-0.39, 0.29) is 18.1 Å². The standard InChI is InChI=1S/C19H16FN3O/c20-16-11-9-15(10-12-16)5-4-8-19(24)22-17-13-21-23(14-17)18-6-2-1-3-7-18/h1-7,9-14H,8H2,(H,22,24). The van der Waals surface area contributed by atoms with Gasteiger partial charge < -0.3 is 5.32 Å². The van der Waals surface area contributed by atoms with Crippen molar-refractivity contribution in [1.29, 1.82) is 0 Å². The summed E-state index contributed by atoms with van der Waals surface area (Å²) in [6, 6.07) is 15.7. The summed E-state index contributed by atoms with van der Waals surface area (Å²) < 4.78 is 14.5. The number of para-hydroxylation sites is 1. The molecule has 0 atom stereocenters. The normalized spacial score (nSPS) is 10.9. The molecule has 0 bridgehead atoms. The third-order valence-corrected chi connectivity index (χ3v) is 3.37. The lowest BCUT2D eigenvalue weighted by Crippen LogP contribution is -2.09. The predicted molar refractivity (Wildman–Crippen MR) is 92.2 cm³/mol. The Hall–Kier alpha value is -3.21. The number of nitrogens with one attached hydrogen (secondary N) is 1. The van der Waals surface area contributed by atoms with Crippen molar-refractivity contribution in [2.24, 2.45) is 0 Å². The maximum absolute atomic E-state index is 12.8. The molecule has 1 aromatic heterocycles. The summed E-state index contributed by atoms with van der Waals surface area (Å²) in [4.78, 5) is 11.9. The van der Waals surface area contributed by atoms with E-state index in [1.54, 1.807) is 41.4 Å². The summed E-state index contributed by atoms with van der Waals surface area (Å²) in [5, 5.41) is 7.02. The van der Waals surface area contributed by atoms with E-state index in [4.69, 9.17) is 0 Å². The van der Waals surface area contributed by atoms with Crippen molar-refractivity contribution in [2.45, 2.75) is 6.42 Å². The van der Waals surface area contributed by atoms with Crippen LogP contribution in [0.4, 0.5) is 10.1 Å². The van der Waals surface area contributed by atoms with Gasteiger partial charge in [-0.15, -0.1) is 0 Å². The Bertz CT molecular complexity index is 839. The quantitative estimate of drug-likeness (QED) is 0.770. The molecule has 0 saturated heterocycles. The van der Waals surface area contributed by atoms with Gasteiger partial charge in [0, 0.05) is 6.42 Å². The third kappa shape index (κ3) is 4.16. The van der Waals surface area contributed by atoms with Crippen molar-refractivity contribution in [2.75, 3.05) is 5.32 Å². The van der Waals surface area contributed by atoms with E-state index in [9.17, 15) is 9.18 Å². The van der Waals surface area contributed by atoms with E-state index in [1.807, 2.05) is 30.3 Å². The monoisotopic (exact) mass is 321 g/mol. The van der Waals surface area contributed by atoms with Crippen LogP contribution in [0, 0.1) is 5.82 Å². The van der Waals surface area contributed by atoms with Gasteiger partial charge in [-0.2, -0.15) is 5.10 Å². The Morgan fingerprint density at radius 3 is 2.62 bits per heavy atom. The topological polar surface area (TPSA) is 46.9 Å². The highest BCUT2D eigenvalue weighted by Gasteiger charge is 2.04. The largest absolute Gasteiger partial charge is 0.323 e. The molecule has 0 radical (unpaired) electrons. The van der Waals surface area contributed by atoms with Gasteiger partial charge in [0.15, 0.2) is 0 Å². The molecule has 2 aromatic carbocycles. The highest BCUT2D eigenvalue weighted by atomic mass is 19.1. The van der Waals surface area contributed by atoms with Crippen LogP contribution in [0.3, 0.4) is 0 Å². The molecule has 0 unspecified atom stereocenters. The molecule has 3 rings (SSSR count). The summed E-state index contributed by atoms with van der Waals surface area (Å²) in [6.07, 6.45) is 7.12. The molecule has 0 aliphatic carbocycles. The number of hydrogen-bond donors (Lipinski definition) is 1. The molecule has 0 aliphatic heterocycles. The van der Waals surface area contributed by atoms with E-state index in [2.05, 4.69) is 10.4 Å². The maximum Gasteiger partial charge on any atom is 0.228 e. The highest BCUT2D eigenvalue weighted by molar-refractivity contribution is 5.91. The zero-order valence-electron chi connectivity index (χ0n) is 12.9. The first kappa shape index (κ1) is 15.7. The summed E-state index contributed by atoms with van der Waals surface area (Å²) in [6.45, 7) is 0. The average molecular weight is 321 g/mol. The fourth-order valence-corrected chi connectivity index (χ4v) is 2.20. The lowest BCUT2D eigenvalue weighted by Gasteiger charge is -2.00. The SMILES string of the molecule is O=C(CC=Cc1ccc(F)cc1)Nc1cnn(-c2ccccc2)c1. The minimum Gasteiger partial charge on any atom is -0.323 e. The Kier molecular flexibility index (Phi) is 4.81. The molecular weight excluding hydrogens is 305 g/mol. The summed E-state index contributed by atoms with van der Waals surface area (Å²) >= 11 is 0. The number of nitrogens with zero attached hydrogens (tertiary/aromatic N) is 2. The summed E-state index contributed by atoms with van der Waals surface area (Å²) in [7, 11) is 0. The predicted octanol–water partition coefficient (Wildman–Crippen LogP) is 4.05. The van der Waals surface area contributed by atoms with E-state index < -0.39 is 0 Å². The molecule has 0 spiro atoms. The van der Waals surface area contributed by atoms with Gasteiger partial charge in [0.2, 0.25) is 5.91 Å². The average Bonchev–Trinajstić information content (AvgIpc) is 3.06. The molecule has 0 aliphatic rings. The number of carbonyl (C=O) groups excluding carboxylic acids is 1. The van der Waals surface area contributed by atoms with Crippen LogP contribution in [0.5, 0.6) is 0 Å². The van der Waals surface area contributed by atoms with Crippen molar-refractivity contribution in [3.8, 4) is 5.69 Å². The molecule has 24 heavy (non-hydrogen) atoms. The number of aromatic nitrogens is 2. The lowest BCUT2D eigenvalue weighted by molar-refractivity contribution is -0.115. The van der Waals surface area contributed by atoms with Gasteiger partial charge in [-0.05, 0) is 29.8 Å². The van der Waals surface area contributed by atoms with Crippen LogP contribution in [0.2, 0.25) is 0 Å². The molecule has 120 valence electrons. The number of carbonyl (C=O) groups is 1. The van der Waals surface area contributed by atoms with Crippen molar-refractivity contribution in [1.82, 2.24) is 9.78 Å². The second-order valence-corrected chi connectivity index (χ2v) is 5.22. The van der Waals surface area contributed by atoms with Crippen molar-refractivity contribution < 1.29 is 9.18 Å². The minimum absolute atomic E-state index is 0.138. The number of hydrogen-bond acceptors (Lipinski definition) is 2. The van der Waals surface area contributed by atoms with Gasteiger partial charge >= 0.3 is 0 Å². The molecule has 5 heteroatoms. The van der Waals surface area contributed by atoms with E-state index in [0.717, 1.165) is 11.3 Å². The second kappa shape index (κ2) is 7.37. The van der Waals surface area contributed by atoms with E-state index in [0.29, 0.717) is 5.69 Å². The first-order chi connectivity index (χ1) is 11.7. The number of benzene rings is 2. The van der Waals surface area contributed by atoms with E-state index >= 15 is 0 Å². The molecular formula is C19H16FN3O. The Morgan fingerprint density at radius 1 is 1.12 bits per heavy atom. The lowest BCUT2D eigenvalue weighted by atomic mass is 10.2. The highest BCUT2D eigenvalue weighted by Crippen LogP contribution is 2.12. The number of amides is 1. The number of rotatable bonds is 5. The first-order valence-electron chi connectivity index (χ1n) is 7.53. The Morgan fingerprint density at radius 2 is 1.88 bits per heavy atom. The molecule has 0 saturated carbocycles. The maximum atomic E-state index is 12.8. The van der Waals surface area contributed by atoms with Crippen molar-refractivity contribution >= 4 is 17.7 Å². The van der Waals surface area contributed by atoms with Gasteiger partial charge in [0.1, 0.15) is 5.82 Å². The van der Waals surface area contributed by atoms with Crippen molar-refractivity contribution in [3.63, 3.8) is 0 Å². The molecule has 1 amide bonds. The first-order valence-corrected chi connectivity index (χ1v) is 7.53. The number of anilines is 1. The smallest absolute Gasteiger partial charge is 0.228 e. The molecule has 3 aromatic rings. The van der Waals surface area contributed by atoms with Crippen molar-refractivity contribution in [3.05, 3.63) is 84.4 Å². The molecule has 1 N–H and O–H groups in total. The van der Waals surface area contributed by atoms with Gasteiger partial charge in [-0.1, -0.05) is 42.5 Å². The van der Waals surface area contributed by atoms with Crippen LogP contribution in [0.1, 0.15) is 12.0 Å². The van der Waals surface area contributed by atoms with Crippen LogP contribution in [-0.4, -0.2) is 15.7 Å². The van der Waals surface area contributed by atoms with Crippen LogP contribution >= 0.6 is 0 Å². The molecule has 4 nitrogen and oxygen atoms in total. The Balaban J connectivity index is 1.55. The zero-order valence-corrected chi connectivity index (χ0v) is 12.9. The molecule has 0 fully saturated rings. The fourth-order valence-electron chi connectivity index (χ4n) is 2.20. The van der Waals surface area contributed by atoms with Gasteiger partial charge in [-0.25, -0.2) is 9.07 Å². The van der Waals surface area contributed by atoms with Crippen LogP contribution in [0.15, 0.2) is 73.1 Å². The second-order valence-electron chi connectivity index (χ2n) is 5.22.